The van der Waals surface area contributed by atoms with Gasteiger partial charge in [-0.25, -0.2) is 0 Å². The lowest BCUT2D eigenvalue weighted by atomic mass is 10.2. The maximum absolute atomic E-state index is 5.57. The molecule has 0 amide bonds. The second kappa shape index (κ2) is 15.0. The van der Waals surface area contributed by atoms with Crippen molar-refractivity contribution in [2.24, 2.45) is 4.99 Å². The zero-order valence-corrected chi connectivity index (χ0v) is 19.7. The van der Waals surface area contributed by atoms with Crippen molar-refractivity contribution in [3.05, 3.63) is 42.4 Å². The van der Waals surface area contributed by atoms with Crippen LogP contribution in [0.5, 0.6) is 11.5 Å². The fraction of sp³-hybridized carbons (Fsp3) is 0.476. The molecule has 7 nitrogen and oxygen atoms in total. The Bertz CT molecular complexity index is 708. The number of anilines is 1. The molecule has 1 heterocycles. The topological polar surface area (TPSA) is 77.2 Å². The van der Waals surface area contributed by atoms with E-state index in [9.17, 15) is 0 Å². The lowest BCUT2D eigenvalue weighted by Crippen LogP contribution is -2.32. The van der Waals surface area contributed by atoms with E-state index < -0.39 is 0 Å². The molecule has 29 heavy (non-hydrogen) atoms. The zero-order chi connectivity index (χ0) is 20.0. The number of benzene rings is 1. The quantitative estimate of drug-likeness (QED) is 0.189. The molecule has 0 spiro atoms. The third-order valence-corrected chi connectivity index (χ3v) is 3.89. The Kier molecular flexibility index (Phi) is 13.0. The van der Waals surface area contributed by atoms with Gasteiger partial charge in [-0.3, -0.25) is 4.99 Å². The molecule has 0 saturated carbocycles. The van der Waals surface area contributed by atoms with Gasteiger partial charge >= 0.3 is 0 Å². The third kappa shape index (κ3) is 9.40. The fourth-order valence-corrected chi connectivity index (χ4v) is 2.56. The van der Waals surface area contributed by atoms with E-state index in [4.69, 9.17) is 18.6 Å². The Labute approximate surface area is 190 Å². The van der Waals surface area contributed by atoms with Crippen LogP contribution in [0.25, 0.3) is 0 Å². The van der Waals surface area contributed by atoms with E-state index >= 15 is 0 Å². The van der Waals surface area contributed by atoms with E-state index in [1.165, 1.54) is 0 Å². The largest absolute Gasteiger partial charge is 0.493 e. The smallest absolute Gasteiger partial charge is 0.195 e. The number of methoxy groups -OCH3 is 1. The first-order valence-corrected chi connectivity index (χ1v) is 9.73. The van der Waals surface area contributed by atoms with Crippen LogP contribution in [0.2, 0.25) is 0 Å². The van der Waals surface area contributed by atoms with Crippen molar-refractivity contribution < 1.29 is 18.6 Å². The molecule has 2 N–H and O–H groups in total. The van der Waals surface area contributed by atoms with Crippen molar-refractivity contribution in [3.8, 4) is 11.5 Å². The minimum absolute atomic E-state index is 0. The van der Waals surface area contributed by atoms with Gasteiger partial charge < -0.3 is 29.3 Å². The molecule has 2 rings (SSSR count). The summed E-state index contributed by atoms with van der Waals surface area (Å²) in [4.78, 5) is 4.64. The number of hydrogen-bond donors (Lipinski definition) is 2. The minimum atomic E-state index is 0. The minimum Gasteiger partial charge on any atom is -0.493 e. The number of aliphatic imine (C=N–C) groups is 1. The predicted octanol–water partition coefficient (Wildman–Crippen LogP) is 4.33. The number of halogens is 1. The number of nitrogens with zero attached hydrogens (tertiary/aromatic N) is 1. The Hall–Kier alpha value is -1.94. The van der Waals surface area contributed by atoms with Gasteiger partial charge in [0.2, 0.25) is 0 Å². The highest BCUT2D eigenvalue weighted by Gasteiger charge is 2.07. The summed E-state index contributed by atoms with van der Waals surface area (Å²) in [6.07, 6.45) is 3.33. The van der Waals surface area contributed by atoms with Crippen LogP contribution in [-0.2, 0) is 11.2 Å². The molecule has 0 aliphatic rings. The number of rotatable bonds is 12. The molecule has 2 aromatic rings. The molecule has 0 radical (unpaired) electrons. The molecule has 0 aliphatic carbocycles. The SMILES string of the molecule is CCOCCCN=C(NCCc1ccco1)Nc1ccc(OCC)c(OC)c1.I. The van der Waals surface area contributed by atoms with Crippen molar-refractivity contribution in [1.82, 2.24) is 5.32 Å². The van der Waals surface area contributed by atoms with E-state index in [2.05, 4.69) is 15.6 Å². The number of nitrogens with one attached hydrogen (secondary N) is 2. The van der Waals surface area contributed by atoms with Crippen LogP contribution in [0.15, 0.2) is 46.0 Å². The highest BCUT2D eigenvalue weighted by molar-refractivity contribution is 14.0. The lowest BCUT2D eigenvalue weighted by molar-refractivity contribution is 0.146. The van der Waals surface area contributed by atoms with Crippen molar-refractivity contribution in [2.45, 2.75) is 26.7 Å². The van der Waals surface area contributed by atoms with E-state index in [1.807, 2.05) is 44.2 Å². The summed E-state index contributed by atoms with van der Waals surface area (Å²) in [5.74, 6) is 3.04. The molecule has 1 aromatic heterocycles. The standard InChI is InChI=1S/C21H31N3O4.HI/c1-4-26-14-7-12-22-21(23-13-11-18-8-6-15-28-18)24-17-9-10-19(27-5-2)20(16-17)25-3;/h6,8-10,15-16H,4-5,7,11-14H2,1-3H3,(H2,22,23,24);1H. The molecule has 1 aromatic carbocycles. The molecular formula is C21H32IN3O4. The number of furan rings is 1. The molecule has 162 valence electrons. The summed E-state index contributed by atoms with van der Waals surface area (Å²) in [5, 5.41) is 6.67. The van der Waals surface area contributed by atoms with Crippen molar-refractivity contribution in [3.63, 3.8) is 0 Å². The van der Waals surface area contributed by atoms with Crippen LogP contribution in [0.4, 0.5) is 5.69 Å². The van der Waals surface area contributed by atoms with E-state index in [-0.39, 0.29) is 24.0 Å². The first-order chi connectivity index (χ1) is 13.8. The highest BCUT2D eigenvalue weighted by Crippen LogP contribution is 2.30. The first-order valence-electron chi connectivity index (χ1n) is 9.73. The maximum atomic E-state index is 5.57. The summed E-state index contributed by atoms with van der Waals surface area (Å²) in [7, 11) is 1.63. The van der Waals surface area contributed by atoms with Gasteiger partial charge in [0, 0.05) is 44.5 Å². The molecule has 0 unspecified atom stereocenters. The summed E-state index contributed by atoms with van der Waals surface area (Å²) in [6, 6.07) is 9.58. The van der Waals surface area contributed by atoms with Crippen molar-refractivity contribution in [2.75, 3.05) is 45.3 Å². The third-order valence-electron chi connectivity index (χ3n) is 3.89. The van der Waals surface area contributed by atoms with Crippen LogP contribution in [0.3, 0.4) is 0 Å². The van der Waals surface area contributed by atoms with Gasteiger partial charge in [0.05, 0.1) is 20.0 Å². The average molecular weight is 517 g/mol. The van der Waals surface area contributed by atoms with Gasteiger partial charge in [-0.15, -0.1) is 24.0 Å². The van der Waals surface area contributed by atoms with Gasteiger partial charge in [-0.1, -0.05) is 0 Å². The lowest BCUT2D eigenvalue weighted by Gasteiger charge is -2.15. The molecular weight excluding hydrogens is 485 g/mol. The normalized spacial score (nSPS) is 10.9. The van der Waals surface area contributed by atoms with Crippen molar-refractivity contribution >= 4 is 35.6 Å². The van der Waals surface area contributed by atoms with Crippen LogP contribution in [-0.4, -0.2) is 46.0 Å². The summed E-state index contributed by atoms with van der Waals surface area (Å²) >= 11 is 0. The fourth-order valence-electron chi connectivity index (χ4n) is 2.56. The molecule has 8 heteroatoms. The van der Waals surface area contributed by atoms with Gasteiger partial charge in [0.1, 0.15) is 5.76 Å². The summed E-state index contributed by atoms with van der Waals surface area (Å²) in [6.45, 7) is 7.33. The average Bonchev–Trinajstić information content (AvgIpc) is 3.22. The van der Waals surface area contributed by atoms with Gasteiger partial charge in [-0.05, 0) is 44.5 Å². The van der Waals surface area contributed by atoms with Gasteiger partial charge in [-0.2, -0.15) is 0 Å². The molecule has 0 bridgehead atoms. The van der Waals surface area contributed by atoms with Crippen LogP contribution < -0.4 is 20.1 Å². The highest BCUT2D eigenvalue weighted by atomic mass is 127. The second-order valence-corrected chi connectivity index (χ2v) is 5.96. The van der Waals surface area contributed by atoms with Gasteiger partial charge in [0.15, 0.2) is 17.5 Å². The van der Waals surface area contributed by atoms with E-state index in [1.54, 1.807) is 13.4 Å². The monoisotopic (exact) mass is 517 g/mol. The Morgan fingerprint density at radius 2 is 2.00 bits per heavy atom. The van der Waals surface area contributed by atoms with E-state index in [0.29, 0.717) is 38.0 Å². The first kappa shape index (κ1) is 25.1. The predicted molar refractivity (Wildman–Crippen MR) is 127 cm³/mol. The Morgan fingerprint density at radius 3 is 2.69 bits per heavy atom. The van der Waals surface area contributed by atoms with Crippen LogP contribution >= 0.6 is 24.0 Å². The Morgan fingerprint density at radius 1 is 1.14 bits per heavy atom. The molecule has 0 fully saturated rings. The van der Waals surface area contributed by atoms with Gasteiger partial charge in [0.25, 0.3) is 0 Å². The molecule has 0 atom stereocenters. The maximum Gasteiger partial charge on any atom is 0.195 e. The number of guanidine groups is 1. The number of hydrogen-bond acceptors (Lipinski definition) is 5. The van der Waals surface area contributed by atoms with Crippen LogP contribution in [0.1, 0.15) is 26.0 Å². The number of ether oxygens (including phenoxy) is 3. The molecule has 0 aliphatic heterocycles. The summed E-state index contributed by atoms with van der Waals surface area (Å²) in [5.41, 5.74) is 0.870. The van der Waals surface area contributed by atoms with Crippen molar-refractivity contribution in [1.29, 1.82) is 0 Å². The summed E-state index contributed by atoms with van der Waals surface area (Å²) < 4.78 is 21.8. The second-order valence-electron chi connectivity index (χ2n) is 5.96. The Balaban J connectivity index is 0.00000420. The van der Waals surface area contributed by atoms with Crippen LogP contribution in [0, 0.1) is 0 Å². The van der Waals surface area contributed by atoms with E-state index in [0.717, 1.165) is 36.6 Å². The molecule has 0 saturated heterocycles. The zero-order valence-electron chi connectivity index (χ0n) is 17.4.